The lowest BCUT2D eigenvalue weighted by Gasteiger charge is -2.13. The Morgan fingerprint density at radius 3 is 2.63 bits per heavy atom. The van der Waals surface area contributed by atoms with Crippen LogP contribution in [0.1, 0.15) is 25.8 Å². The summed E-state index contributed by atoms with van der Waals surface area (Å²) in [6.45, 7) is 3.86. The van der Waals surface area contributed by atoms with E-state index in [-0.39, 0.29) is 27.9 Å². The molecule has 3 N–H and O–H groups in total. The first-order chi connectivity index (χ1) is 8.73. The fourth-order valence-corrected chi connectivity index (χ4v) is 3.07. The van der Waals surface area contributed by atoms with Crippen LogP contribution >= 0.6 is 12.2 Å². The number of sulfonamides is 1. The van der Waals surface area contributed by atoms with Gasteiger partial charge in [0.15, 0.2) is 0 Å². The number of hydrogen-bond donors (Lipinski definition) is 2. The topological polar surface area (TPSA) is 72.2 Å². The number of halogens is 1. The predicted octanol–water partition coefficient (Wildman–Crippen LogP) is 2.25. The van der Waals surface area contributed by atoms with Gasteiger partial charge < -0.3 is 5.73 Å². The predicted molar refractivity (Wildman–Crippen MR) is 79.2 cm³/mol. The second kappa shape index (κ2) is 6.29. The zero-order chi connectivity index (χ0) is 14.6. The number of rotatable bonds is 6. The van der Waals surface area contributed by atoms with Crippen molar-refractivity contribution < 1.29 is 12.8 Å². The summed E-state index contributed by atoms with van der Waals surface area (Å²) in [4.78, 5) is -0.181. The normalized spacial score (nSPS) is 11.6. The molecule has 0 aliphatic rings. The number of nitrogens with two attached hydrogens (primary N) is 1. The van der Waals surface area contributed by atoms with Gasteiger partial charge in [0.05, 0.1) is 17.0 Å². The molecule has 0 radical (unpaired) electrons. The van der Waals surface area contributed by atoms with E-state index in [1.807, 2.05) is 13.8 Å². The van der Waals surface area contributed by atoms with E-state index in [4.69, 9.17) is 18.0 Å². The third-order valence-electron chi connectivity index (χ3n) is 2.49. The fourth-order valence-electron chi connectivity index (χ4n) is 1.47. The third-order valence-corrected chi connectivity index (χ3v) is 4.00. The number of thiocarbonyl (C=S) groups is 1. The molecule has 0 fully saturated rings. The largest absolute Gasteiger partial charge is 0.389 e. The van der Waals surface area contributed by atoms with E-state index in [1.54, 1.807) is 0 Å². The van der Waals surface area contributed by atoms with Crippen LogP contribution in [0.15, 0.2) is 18.2 Å². The SMILES string of the molecule is CC(C)CCS(=O)(=O)Nc1cccc(F)c1C(N)=S. The lowest BCUT2D eigenvalue weighted by molar-refractivity contribution is 0.578. The monoisotopic (exact) mass is 304 g/mol. The van der Waals surface area contributed by atoms with E-state index in [1.165, 1.54) is 18.2 Å². The van der Waals surface area contributed by atoms with Crippen LogP contribution in [0.4, 0.5) is 10.1 Å². The number of hydrogen-bond acceptors (Lipinski definition) is 3. The van der Waals surface area contributed by atoms with Gasteiger partial charge in [-0.1, -0.05) is 32.1 Å². The molecule has 1 rings (SSSR count). The molecule has 1 aromatic rings. The second-order valence-electron chi connectivity index (χ2n) is 4.63. The second-order valence-corrected chi connectivity index (χ2v) is 6.91. The first kappa shape index (κ1) is 15.8. The van der Waals surface area contributed by atoms with Crippen molar-refractivity contribution in [3.63, 3.8) is 0 Å². The molecule has 0 saturated carbocycles. The Hall–Kier alpha value is -1.21. The Labute approximate surface area is 118 Å². The summed E-state index contributed by atoms with van der Waals surface area (Å²) >= 11 is 4.74. The summed E-state index contributed by atoms with van der Waals surface area (Å²) in [5.41, 5.74) is 5.41. The van der Waals surface area contributed by atoms with Crippen LogP contribution in [0.2, 0.25) is 0 Å². The molecule has 0 aliphatic heterocycles. The van der Waals surface area contributed by atoms with Crippen molar-refractivity contribution in [2.45, 2.75) is 20.3 Å². The van der Waals surface area contributed by atoms with Gasteiger partial charge in [-0.25, -0.2) is 12.8 Å². The van der Waals surface area contributed by atoms with Gasteiger partial charge in [0.25, 0.3) is 0 Å². The first-order valence-electron chi connectivity index (χ1n) is 5.81. The van der Waals surface area contributed by atoms with E-state index >= 15 is 0 Å². The van der Waals surface area contributed by atoms with Crippen molar-refractivity contribution in [2.75, 3.05) is 10.5 Å². The highest BCUT2D eigenvalue weighted by Gasteiger charge is 2.17. The Morgan fingerprint density at radius 1 is 1.47 bits per heavy atom. The maximum atomic E-state index is 13.6. The zero-order valence-corrected chi connectivity index (χ0v) is 12.4. The Bertz CT molecular complexity index is 571. The van der Waals surface area contributed by atoms with Crippen LogP contribution in [0.3, 0.4) is 0 Å². The van der Waals surface area contributed by atoms with Crippen LogP contribution in [0, 0.1) is 11.7 Å². The van der Waals surface area contributed by atoms with Gasteiger partial charge in [0.2, 0.25) is 10.0 Å². The standard InChI is InChI=1S/C12H17FN2O2S2/c1-8(2)6-7-19(16,17)15-10-5-3-4-9(13)11(10)12(14)18/h3-5,8,15H,6-7H2,1-2H3,(H2,14,18). The van der Waals surface area contributed by atoms with Crippen molar-refractivity contribution in [1.29, 1.82) is 0 Å². The molecule has 0 aliphatic carbocycles. The third kappa shape index (κ3) is 4.76. The van der Waals surface area contributed by atoms with Crippen molar-refractivity contribution in [1.82, 2.24) is 0 Å². The maximum Gasteiger partial charge on any atom is 0.232 e. The lowest BCUT2D eigenvalue weighted by atomic mass is 10.2. The molecular weight excluding hydrogens is 287 g/mol. The van der Waals surface area contributed by atoms with E-state index in [0.717, 1.165) is 0 Å². The molecule has 0 bridgehead atoms. The smallest absolute Gasteiger partial charge is 0.232 e. The van der Waals surface area contributed by atoms with Gasteiger partial charge in [-0.3, -0.25) is 4.72 Å². The molecule has 1 aromatic carbocycles. The summed E-state index contributed by atoms with van der Waals surface area (Å²) in [5, 5.41) is 0. The summed E-state index contributed by atoms with van der Waals surface area (Å²) < 4.78 is 39.7. The number of anilines is 1. The Kier molecular flexibility index (Phi) is 5.25. The minimum atomic E-state index is -3.53. The van der Waals surface area contributed by atoms with Crippen molar-refractivity contribution >= 4 is 32.9 Å². The zero-order valence-electron chi connectivity index (χ0n) is 10.8. The van der Waals surface area contributed by atoms with Crippen LogP contribution < -0.4 is 10.5 Å². The molecule has 0 saturated heterocycles. The molecule has 4 nitrogen and oxygen atoms in total. The minimum absolute atomic E-state index is 0.0298. The van der Waals surface area contributed by atoms with Gasteiger partial charge in [-0.05, 0) is 24.5 Å². The van der Waals surface area contributed by atoms with Gasteiger partial charge in [-0.15, -0.1) is 0 Å². The lowest BCUT2D eigenvalue weighted by Crippen LogP contribution is -2.21. The maximum absolute atomic E-state index is 13.6. The average molecular weight is 304 g/mol. The molecule has 0 spiro atoms. The molecule has 7 heteroatoms. The van der Waals surface area contributed by atoms with E-state index in [2.05, 4.69) is 4.72 Å². The fraction of sp³-hybridized carbons (Fsp3) is 0.417. The van der Waals surface area contributed by atoms with Crippen molar-refractivity contribution in [2.24, 2.45) is 11.7 Å². The van der Waals surface area contributed by atoms with Crippen molar-refractivity contribution in [3.05, 3.63) is 29.6 Å². The summed E-state index contributed by atoms with van der Waals surface area (Å²) in [5.74, 6) is -0.409. The summed E-state index contributed by atoms with van der Waals surface area (Å²) in [7, 11) is -3.53. The summed E-state index contributed by atoms with van der Waals surface area (Å²) in [6.07, 6.45) is 0.521. The van der Waals surface area contributed by atoms with Gasteiger partial charge in [-0.2, -0.15) is 0 Å². The van der Waals surface area contributed by atoms with E-state index in [9.17, 15) is 12.8 Å². The number of benzene rings is 1. The quantitative estimate of drug-likeness (QED) is 0.791. The van der Waals surface area contributed by atoms with E-state index < -0.39 is 15.8 Å². The Morgan fingerprint density at radius 2 is 2.11 bits per heavy atom. The van der Waals surface area contributed by atoms with Crippen LogP contribution in [0.5, 0.6) is 0 Å². The molecule has 0 amide bonds. The van der Waals surface area contributed by atoms with Crippen LogP contribution in [0.25, 0.3) is 0 Å². The first-order valence-corrected chi connectivity index (χ1v) is 7.88. The molecular formula is C12H17FN2O2S2. The van der Waals surface area contributed by atoms with Gasteiger partial charge in [0.1, 0.15) is 10.8 Å². The van der Waals surface area contributed by atoms with Crippen LogP contribution in [-0.4, -0.2) is 19.2 Å². The van der Waals surface area contributed by atoms with Crippen molar-refractivity contribution in [3.8, 4) is 0 Å². The van der Waals surface area contributed by atoms with E-state index in [0.29, 0.717) is 6.42 Å². The molecule has 0 aromatic heterocycles. The molecule has 0 atom stereocenters. The number of nitrogens with one attached hydrogen (secondary N) is 1. The van der Waals surface area contributed by atoms with Crippen LogP contribution in [-0.2, 0) is 10.0 Å². The van der Waals surface area contributed by atoms with Gasteiger partial charge in [0, 0.05) is 0 Å². The van der Waals surface area contributed by atoms with Gasteiger partial charge >= 0.3 is 0 Å². The minimum Gasteiger partial charge on any atom is -0.389 e. The molecule has 106 valence electrons. The highest BCUT2D eigenvalue weighted by atomic mass is 32.2. The highest BCUT2D eigenvalue weighted by molar-refractivity contribution is 7.92. The molecule has 0 unspecified atom stereocenters. The average Bonchev–Trinajstić information content (AvgIpc) is 2.25. The molecule has 19 heavy (non-hydrogen) atoms. The highest BCUT2D eigenvalue weighted by Crippen LogP contribution is 2.20. The molecule has 0 heterocycles. The Balaban J connectivity index is 3.00. The summed E-state index contributed by atoms with van der Waals surface area (Å²) in [6, 6.07) is 4.02.